The van der Waals surface area contributed by atoms with Gasteiger partial charge in [-0.1, -0.05) is 30.3 Å². The Labute approximate surface area is 125 Å². The van der Waals surface area contributed by atoms with Crippen LogP contribution in [0.1, 0.15) is 5.56 Å². The molecule has 0 spiro atoms. The molecule has 1 aliphatic heterocycles. The lowest BCUT2D eigenvalue weighted by Crippen LogP contribution is -3.12. The Balaban J connectivity index is 1.92. The SMILES string of the molecule is C[NH+]1CCN(c2[nH+]cc(-c3ccccc3)cc2C#N)CC1. The van der Waals surface area contributed by atoms with Crippen molar-refractivity contribution in [2.75, 3.05) is 38.1 Å². The predicted molar refractivity (Wildman–Crippen MR) is 82.0 cm³/mol. The maximum atomic E-state index is 9.47. The van der Waals surface area contributed by atoms with Crippen molar-refractivity contribution in [1.82, 2.24) is 0 Å². The van der Waals surface area contributed by atoms with Crippen molar-refractivity contribution < 1.29 is 9.88 Å². The highest BCUT2D eigenvalue weighted by molar-refractivity contribution is 5.66. The zero-order valence-electron chi connectivity index (χ0n) is 12.3. The van der Waals surface area contributed by atoms with Gasteiger partial charge >= 0.3 is 0 Å². The van der Waals surface area contributed by atoms with Crippen molar-refractivity contribution in [2.45, 2.75) is 0 Å². The number of anilines is 1. The number of rotatable bonds is 2. The summed E-state index contributed by atoms with van der Waals surface area (Å²) in [5.74, 6) is 0.949. The summed E-state index contributed by atoms with van der Waals surface area (Å²) >= 11 is 0. The summed E-state index contributed by atoms with van der Waals surface area (Å²) in [6.45, 7) is 4.20. The molecule has 1 saturated heterocycles. The molecule has 2 N–H and O–H groups in total. The second kappa shape index (κ2) is 5.94. The molecule has 1 fully saturated rings. The van der Waals surface area contributed by atoms with Crippen LogP contribution >= 0.6 is 0 Å². The number of quaternary nitrogens is 1. The van der Waals surface area contributed by atoms with Gasteiger partial charge in [0.05, 0.1) is 13.2 Å². The van der Waals surface area contributed by atoms with Crippen LogP contribution in [0.15, 0.2) is 42.6 Å². The first-order valence-electron chi connectivity index (χ1n) is 7.35. The lowest BCUT2D eigenvalue weighted by Gasteiger charge is -2.25. The van der Waals surface area contributed by atoms with Gasteiger partial charge in [-0.05, 0) is 11.6 Å². The van der Waals surface area contributed by atoms with Gasteiger partial charge in [-0.2, -0.15) is 5.26 Å². The molecule has 2 aromatic rings. The minimum absolute atomic E-state index is 0.718. The second-order valence-corrected chi connectivity index (χ2v) is 5.57. The molecule has 2 heterocycles. The standard InChI is InChI=1S/C17H18N4/c1-20-7-9-21(10-8-20)17-15(12-18)11-16(13-19-17)14-5-3-2-4-6-14/h2-6,11,13H,7-10H2,1H3/p+2. The fourth-order valence-electron chi connectivity index (χ4n) is 2.75. The van der Waals surface area contributed by atoms with Crippen LogP contribution in [0, 0.1) is 11.3 Å². The molecule has 4 nitrogen and oxygen atoms in total. The summed E-state index contributed by atoms with van der Waals surface area (Å²) in [4.78, 5) is 7.16. The maximum Gasteiger partial charge on any atom is 0.292 e. The Morgan fingerprint density at radius 1 is 1.14 bits per heavy atom. The summed E-state index contributed by atoms with van der Waals surface area (Å²) < 4.78 is 0. The van der Waals surface area contributed by atoms with E-state index < -0.39 is 0 Å². The van der Waals surface area contributed by atoms with Crippen molar-refractivity contribution in [1.29, 1.82) is 5.26 Å². The average Bonchev–Trinajstić information content (AvgIpc) is 2.56. The molecule has 21 heavy (non-hydrogen) atoms. The van der Waals surface area contributed by atoms with Gasteiger partial charge in [-0.25, -0.2) is 9.88 Å². The first kappa shape index (κ1) is 13.6. The lowest BCUT2D eigenvalue weighted by molar-refractivity contribution is -0.880. The minimum atomic E-state index is 0.718. The number of nitrogens with zero attached hydrogens (tertiary/aromatic N) is 2. The third kappa shape index (κ3) is 2.88. The Kier molecular flexibility index (Phi) is 3.85. The van der Waals surface area contributed by atoms with Gasteiger partial charge in [0.2, 0.25) is 0 Å². The van der Waals surface area contributed by atoms with Gasteiger partial charge in [0.25, 0.3) is 5.82 Å². The Bertz CT molecular complexity index is 652. The van der Waals surface area contributed by atoms with Crippen LogP contribution in [0.25, 0.3) is 11.1 Å². The van der Waals surface area contributed by atoms with Crippen LogP contribution in [-0.2, 0) is 0 Å². The quantitative estimate of drug-likeness (QED) is 0.864. The molecule has 0 aliphatic carbocycles. The van der Waals surface area contributed by atoms with E-state index in [4.69, 9.17) is 0 Å². The van der Waals surface area contributed by atoms with E-state index in [2.05, 4.69) is 35.1 Å². The average molecular weight is 280 g/mol. The van der Waals surface area contributed by atoms with E-state index in [-0.39, 0.29) is 0 Å². The van der Waals surface area contributed by atoms with Gasteiger partial charge in [-0.3, -0.25) is 0 Å². The number of H-pyrrole nitrogens is 1. The first-order chi connectivity index (χ1) is 10.3. The number of benzene rings is 1. The fourth-order valence-corrected chi connectivity index (χ4v) is 2.75. The molecule has 1 aliphatic rings. The Morgan fingerprint density at radius 3 is 2.52 bits per heavy atom. The molecule has 0 bridgehead atoms. The van der Waals surface area contributed by atoms with E-state index in [1.54, 1.807) is 4.90 Å². The van der Waals surface area contributed by atoms with Gasteiger partial charge < -0.3 is 4.90 Å². The lowest BCUT2D eigenvalue weighted by atomic mass is 10.1. The summed E-state index contributed by atoms with van der Waals surface area (Å²) in [5, 5.41) is 9.47. The van der Waals surface area contributed by atoms with Crippen LogP contribution in [0.2, 0.25) is 0 Å². The normalized spacial score (nSPS) is 15.7. The smallest absolute Gasteiger partial charge is 0.292 e. The van der Waals surface area contributed by atoms with Crippen LogP contribution in [0.3, 0.4) is 0 Å². The number of aromatic nitrogens is 1. The van der Waals surface area contributed by atoms with E-state index in [1.807, 2.05) is 30.5 Å². The molecule has 1 aromatic carbocycles. The van der Waals surface area contributed by atoms with E-state index in [1.165, 1.54) is 0 Å². The third-order valence-electron chi connectivity index (χ3n) is 4.08. The summed E-state index contributed by atoms with van der Waals surface area (Å²) in [6, 6.07) is 14.5. The molecule has 0 amide bonds. The Morgan fingerprint density at radius 2 is 1.86 bits per heavy atom. The molecule has 3 rings (SSSR count). The van der Waals surface area contributed by atoms with Crippen molar-refractivity contribution >= 4 is 5.82 Å². The van der Waals surface area contributed by atoms with E-state index >= 15 is 0 Å². The van der Waals surface area contributed by atoms with E-state index in [0.29, 0.717) is 0 Å². The maximum absolute atomic E-state index is 9.47. The molecule has 0 saturated carbocycles. The summed E-state index contributed by atoms with van der Waals surface area (Å²) in [5.41, 5.74) is 2.89. The zero-order chi connectivity index (χ0) is 14.7. The van der Waals surface area contributed by atoms with Crippen molar-refractivity contribution in [3.05, 3.63) is 48.2 Å². The number of piperazine rings is 1. The van der Waals surface area contributed by atoms with Crippen molar-refractivity contribution in [3.8, 4) is 17.2 Å². The van der Waals surface area contributed by atoms with Gasteiger partial charge in [0, 0.05) is 5.56 Å². The molecule has 4 heteroatoms. The number of pyridine rings is 1. The van der Waals surface area contributed by atoms with Gasteiger partial charge in [0.15, 0.2) is 0 Å². The molecule has 106 valence electrons. The molecule has 0 radical (unpaired) electrons. The molecule has 0 unspecified atom stereocenters. The number of nitriles is 1. The first-order valence-corrected chi connectivity index (χ1v) is 7.35. The number of nitrogens with one attached hydrogen (secondary N) is 2. The number of hydrogen-bond donors (Lipinski definition) is 1. The van der Waals surface area contributed by atoms with Crippen LogP contribution in [0.4, 0.5) is 5.82 Å². The summed E-state index contributed by atoms with van der Waals surface area (Å²) in [7, 11) is 2.21. The monoisotopic (exact) mass is 280 g/mol. The summed E-state index contributed by atoms with van der Waals surface area (Å²) in [6.07, 6.45) is 2.00. The third-order valence-corrected chi connectivity index (χ3v) is 4.08. The van der Waals surface area contributed by atoms with Crippen LogP contribution in [0.5, 0.6) is 0 Å². The van der Waals surface area contributed by atoms with E-state index in [0.717, 1.165) is 48.7 Å². The fraction of sp³-hybridized carbons (Fsp3) is 0.294. The molecular formula is C17H20N4+2. The molecule has 1 aromatic heterocycles. The van der Waals surface area contributed by atoms with Crippen LogP contribution in [-0.4, -0.2) is 33.2 Å². The predicted octanol–water partition coefficient (Wildman–Crippen LogP) is 0.374. The number of hydrogen-bond acceptors (Lipinski definition) is 2. The van der Waals surface area contributed by atoms with Gasteiger partial charge in [0.1, 0.15) is 37.8 Å². The molecular weight excluding hydrogens is 260 g/mol. The second-order valence-electron chi connectivity index (χ2n) is 5.57. The molecule has 0 atom stereocenters. The number of aromatic amines is 1. The van der Waals surface area contributed by atoms with E-state index in [9.17, 15) is 5.26 Å². The number of likely N-dealkylation sites (N-methyl/N-ethyl adjacent to an activating group) is 1. The van der Waals surface area contributed by atoms with Crippen LogP contribution < -0.4 is 14.8 Å². The van der Waals surface area contributed by atoms with Gasteiger partial charge in [-0.15, -0.1) is 0 Å². The highest BCUT2D eigenvalue weighted by Gasteiger charge is 2.26. The topological polar surface area (TPSA) is 45.6 Å². The minimum Gasteiger partial charge on any atom is -0.331 e. The van der Waals surface area contributed by atoms with Crippen molar-refractivity contribution in [2.24, 2.45) is 0 Å². The largest absolute Gasteiger partial charge is 0.331 e. The highest BCUT2D eigenvalue weighted by atomic mass is 15.3. The van der Waals surface area contributed by atoms with Crippen molar-refractivity contribution in [3.63, 3.8) is 0 Å². The zero-order valence-corrected chi connectivity index (χ0v) is 12.3. The highest BCUT2D eigenvalue weighted by Crippen LogP contribution is 2.22. The Hall–Kier alpha value is -2.38.